The average molecular weight is 374 g/mol. The number of aryl methyl sites for hydroxylation is 2. The molecular formula is C19H31N7O. The van der Waals surface area contributed by atoms with Crippen molar-refractivity contribution in [1.82, 2.24) is 25.1 Å². The molecule has 2 aromatic heterocycles. The summed E-state index contributed by atoms with van der Waals surface area (Å²) in [7, 11) is 1.98. The SMILES string of the molecule is CCCc1nn(C)c2c(NC3CCC(O)CC3)nc(N3CCNCC3)nc12. The molecule has 2 fully saturated rings. The topological polar surface area (TPSA) is 91.1 Å². The number of aliphatic hydroxyl groups excluding tert-OH is 1. The highest BCUT2D eigenvalue weighted by Crippen LogP contribution is 2.29. The lowest BCUT2D eigenvalue weighted by Crippen LogP contribution is -2.44. The summed E-state index contributed by atoms with van der Waals surface area (Å²) in [5.74, 6) is 1.68. The first-order chi connectivity index (χ1) is 13.2. The van der Waals surface area contributed by atoms with Crippen LogP contribution in [0.15, 0.2) is 0 Å². The third-order valence-corrected chi connectivity index (χ3v) is 5.66. The molecule has 27 heavy (non-hydrogen) atoms. The molecule has 0 bridgehead atoms. The van der Waals surface area contributed by atoms with Crippen LogP contribution in [0, 0.1) is 0 Å². The van der Waals surface area contributed by atoms with Crippen molar-refractivity contribution in [2.75, 3.05) is 36.4 Å². The minimum atomic E-state index is -0.155. The van der Waals surface area contributed by atoms with Crippen molar-refractivity contribution in [2.24, 2.45) is 7.05 Å². The number of hydrogen-bond acceptors (Lipinski definition) is 7. The quantitative estimate of drug-likeness (QED) is 0.730. The van der Waals surface area contributed by atoms with Crippen LogP contribution < -0.4 is 15.5 Å². The zero-order valence-corrected chi connectivity index (χ0v) is 16.4. The van der Waals surface area contributed by atoms with Gasteiger partial charge in [0.25, 0.3) is 0 Å². The van der Waals surface area contributed by atoms with E-state index in [9.17, 15) is 5.11 Å². The molecule has 1 saturated carbocycles. The van der Waals surface area contributed by atoms with E-state index in [1.165, 1.54) is 0 Å². The van der Waals surface area contributed by atoms with Crippen LogP contribution in [0.1, 0.15) is 44.7 Å². The summed E-state index contributed by atoms with van der Waals surface area (Å²) in [6.07, 6.45) is 5.45. The Labute approximate surface area is 160 Å². The van der Waals surface area contributed by atoms with E-state index in [2.05, 4.69) is 22.5 Å². The smallest absolute Gasteiger partial charge is 0.228 e. The van der Waals surface area contributed by atoms with Gasteiger partial charge in [-0.2, -0.15) is 10.1 Å². The van der Waals surface area contributed by atoms with Crippen molar-refractivity contribution in [3.8, 4) is 0 Å². The highest BCUT2D eigenvalue weighted by molar-refractivity contribution is 5.89. The number of hydrogen-bond donors (Lipinski definition) is 3. The van der Waals surface area contributed by atoms with Gasteiger partial charge in [0, 0.05) is 39.3 Å². The Bertz CT molecular complexity index is 776. The standard InChI is InChI=1S/C19H31N7O/c1-3-4-15-16-17(25(2)24-15)18(21-13-5-7-14(27)8-6-13)23-19(22-16)26-11-9-20-10-12-26/h13-14,20,27H,3-12H2,1-2H3,(H,21,22,23). The fourth-order valence-electron chi connectivity index (χ4n) is 4.15. The first-order valence-electron chi connectivity index (χ1n) is 10.3. The molecule has 0 aromatic carbocycles. The molecule has 0 unspecified atom stereocenters. The highest BCUT2D eigenvalue weighted by atomic mass is 16.3. The van der Waals surface area contributed by atoms with Gasteiger partial charge in [0.2, 0.25) is 5.95 Å². The summed E-state index contributed by atoms with van der Waals surface area (Å²) in [6, 6.07) is 0.340. The summed E-state index contributed by atoms with van der Waals surface area (Å²) >= 11 is 0. The predicted octanol–water partition coefficient (Wildman–Crippen LogP) is 1.44. The molecule has 0 atom stereocenters. The molecule has 8 heteroatoms. The van der Waals surface area contributed by atoms with Crippen LogP contribution in [0.4, 0.5) is 11.8 Å². The number of rotatable bonds is 5. The molecule has 148 valence electrons. The van der Waals surface area contributed by atoms with E-state index in [0.717, 1.165) is 93.2 Å². The lowest BCUT2D eigenvalue weighted by Gasteiger charge is -2.29. The van der Waals surface area contributed by atoms with Crippen LogP contribution in [0.5, 0.6) is 0 Å². The molecule has 2 aromatic rings. The van der Waals surface area contributed by atoms with Crippen LogP contribution >= 0.6 is 0 Å². The van der Waals surface area contributed by atoms with Gasteiger partial charge < -0.3 is 20.6 Å². The first-order valence-corrected chi connectivity index (χ1v) is 10.3. The number of fused-ring (bicyclic) bond motifs is 1. The molecule has 4 rings (SSSR count). The van der Waals surface area contributed by atoms with Gasteiger partial charge in [-0.25, -0.2) is 4.98 Å². The third kappa shape index (κ3) is 3.87. The second-order valence-corrected chi connectivity index (χ2v) is 7.78. The van der Waals surface area contributed by atoms with Gasteiger partial charge in [-0.1, -0.05) is 13.3 Å². The highest BCUT2D eigenvalue weighted by Gasteiger charge is 2.24. The van der Waals surface area contributed by atoms with Crippen molar-refractivity contribution in [3.63, 3.8) is 0 Å². The third-order valence-electron chi connectivity index (χ3n) is 5.66. The Morgan fingerprint density at radius 3 is 2.59 bits per heavy atom. The number of piperazine rings is 1. The summed E-state index contributed by atoms with van der Waals surface area (Å²) in [4.78, 5) is 12.1. The summed E-state index contributed by atoms with van der Waals surface area (Å²) in [6.45, 7) is 5.93. The Morgan fingerprint density at radius 1 is 1.15 bits per heavy atom. The van der Waals surface area contributed by atoms with Gasteiger partial charge in [-0.3, -0.25) is 4.68 Å². The van der Waals surface area contributed by atoms with Crippen molar-refractivity contribution in [3.05, 3.63) is 5.69 Å². The van der Waals surface area contributed by atoms with Crippen molar-refractivity contribution < 1.29 is 5.11 Å². The van der Waals surface area contributed by atoms with Crippen molar-refractivity contribution >= 4 is 22.8 Å². The second-order valence-electron chi connectivity index (χ2n) is 7.78. The summed E-state index contributed by atoms with van der Waals surface area (Å²) in [5, 5.41) is 21.6. The Balaban J connectivity index is 1.72. The molecule has 3 heterocycles. The predicted molar refractivity (Wildman–Crippen MR) is 107 cm³/mol. The van der Waals surface area contributed by atoms with Crippen molar-refractivity contribution in [2.45, 2.75) is 57.6 Å². The van der Waals surface area contributed by atoms with E-state index >= 15 is 0 Å². The number of anilines is 2. The minimum Gasteiger partial charge on any atom is -0.393 e. The average Bonchev–Trinajstić information content (AvgIpc) is 3.00. The maximum absolute atomic E-state index is 9.81. The molecule has 1 saturated heterocycles. The van der Waals surface area contributed by atoms with Crippen LogP contribution in [0.2, 0.25) is 0 Å². The minimum absolute atomic E-state index is 0.155. The molecule has 1 aliphatic carbocycles. The zero-order chi connectivity index (χ0) is 18.8. The van der Waals surface area contributed by atoms with Crippen LogP contribution in [0.3, 0.4) is 0 Å². The van der Waals surface area contributed by atoms with E-state index in [-0.39, 0.29) is 6.10 Å². The van der Waals surface area contributed by atoms with Gasteiger partial charge >= 0.3 is 0 Å². The van der Waals surface area contributed by atoms with Crippen LogP contribution in [0.25, 0.3) is 11.0 Å². The molecule has 2 aliphatic rings. The molecule has 1 aliphatic heterocycles. The maximum atomic E-state index is 9.81. The zero-order valence-electron chi connectivity index (χ0n) is 16.4. The lowest BCUT2D eigenvalue weighted by molar-refractivity contribution is 0.126. The number of aliphatic hydroxyl groups is 1. The molecule has 0 spiro atoms. The van der Waals surface area contributed by atoms with Gasteiger partial charge in [0.15, 0.2) is 5.82 Å². The van der Waals surface area contributed by atoms with E-state index in [0.29, 0.717) is 6.04 Å². The van der Waals surface area contributed by atoms with E-state index in [1.807, 2.05) is 11.7 Å². The number of nitrogens with zero attached hydrogens (tertiary/aromatic N) is 5. The Morgan fingerprint density at radius 2 is 1.89 bits per heavy atom. The van der Waals surface area contributed by atoms with E-state index in [1.54, 1.807) is 0 Å². The lowest BCUT2D eigenvalue weighted by atomic mass is 9.93. The molecule has 0 radical (unpaired) electrons. The Kier molecular flexibility index (Phi) is 5.45. The summed E-state index contributed by atoms with van der Waals surface area (Å²) in [5.41, 5.74) is 3.01. The number of aromatic nitrogens is 4. The monoisotopic (exact) mass is 373 g/mol. The van der Waals surface area contributed by atoms with Gasteiger partial charge in [0.1, 0.15) is 11.0 Å². The fraction of sp³-hybridized carbons (Fsp3) is 0.737. The number of nitrogens with one attached hydrogen (secondary N) is 2. The molecule has 8 nitrogen and oxygen atoms in total. The fourth-order valence-corrected chi connectivity index (χ4v) is 4.15. The first kappa shape index (κ1) is 18.4. The van der Waals surface area contributed by atoms with Gasteiger partial charge in [-0.15, -0.1) is 0 Å². The van der Waals surface area contributed by atoms with E-state index in [4.69, 9.17) is 15.1 Å². The normalized spacial score (nSPS) is 23.7. The van der Waals surface area contributed by atoms with Crippen LogP contribution in [-0.2, 0) is 13.5 Å². The van der Waals surface area contributed by atoms with Gasteiger partial charge in [-0.05, 0) is 32.1 Å². The molecule has 0 amide bonds. The molecule has 3 N–H and O–H groups in total. The Hall–Kier alpha value is -1.93. The largest absolute Gasteiger partial charge is 0.393 e. The van der Waals surface area contributed by atoms with Gasteiger partial charge in [0.05, 0.1) is 11.8 Å². The molecular weight excluding hydrogens is 342 g/mol. The van der Waals surface area contributed by atoms with E-state index < -0.39 is 0 Å². The van der Waals surface area contributed by atoms with Crippen molar-refractivity contribution in [1.29, 1.82) is 0 Å². The second kappa shape index (κ2) is 7.98. The van der Waals surface area contributed by atoms with Crippen LogP contribution in [-0.4, -0.2) is 63.2 Å². The summed E-state index contributed by atoms with van der Waals surface area (Å²) < 4.78 is 1.92. The maximum Gasteiger partial charge on any atom is 0.228 e.